The topological polar surface area (TPSA) is 101 Å². The molecule has 1 aromatic heterocycles. The number of carbonyl (C=O) groups is 2. The summed E-state index contributed by atoms with van der Waals surface area (Å²) < 4.78 is 10.9. The number of hydrogen-bond donors (Lipinski definition) is 1. The second kappa shape index (κ2) is 12.0. The zero-order chi connectivity index (χ0) is 24.5. The van der Waals surface area contributed by atoms with Crippen molar-refractivity contribution in [1.82, 2.24) is 10.3 Å². The Hall–Kier alpha value is -3.63. The van der Waals surface area contributed by atoms with Crippen LogP contribution in [0, 0.1) is 11.3 Å². The molecule has 7 nitrogen and oxygen atoms in total. The maximum atomic E-state index is 13.2. The predicted octanol–water partition coefficient (Wildman–Crippen LogP) is 4.60. The van der Waals surface area contributed by atoms with Gasteiger partial charge >= 0.3 is 11.9 Å². The van der Waals surface area contributed by atoms with Gasteiger partial charge in [0.15, 0.2) is 0 Å². The van der Waals surface area contributed by atoms with Crippen LogP contribution in [0.15, 0.2) is 71.2 Å². The van der Waals surface area contributed by atoms with Gasteiger partial charge in [-0.2, -0.15) is 5.26 Å². The van der Waals surface area contributed by atoms with E-state index in [1.807, 2.05) is 24.3 Å². The molecule has 0 spiro atoms. The molecule has 3 rings (SSSR count). The lowest BCUT2D eigenvalue weighted by Gasteiger charge is -2.30. The number of allylic oxidation sites excluding steroid dienone is 2. The van der Waals surface area contributed by atoms with Crippen LogP contribution in [0.1, 0.15) is 43.9 Å². The van der Waals surface area contributed by atoms with Gasteiger partial charge in [-0.3, -0.25) is 4.98 Å². The molecule has 1 atom stereocenters. The number of hydrogen-bond acceptors (Lipinski definition) is 7. The number of pyridine rings is 1. The Morgan fingerprint density at radius 3 is 2.38 bits per heavy atom. The average molecular weight is 480 g/mol. The van der Waals surface area contributed by atoms with E-state index < -0.39 is 17.9 Å². The number of nitrogens with one attached hydrogen (secondary N) is 1. The Kier molecular flexibility index (Phi) is 8.83. The lowest BCUT2D eigenvalue weighted by atomic mass is 9.80. The molecule has 0 saturated carbocycles. The van der Waals surface area contributed by atoms with E-state index in [1.165, 1.54) is 0 Å². The summed E-state index contributed by atoms with van der Waals surface area (Å²) in [4.78, 5) is 30.5. The van der Waals surface area contributed by atoms with Crippen LogP contribution in [-0.4, -0.2) is 30.1 Å². The fourth-order valence-electron chi connectivity index (χ4n) is 3.86. The van der Waals surface area contributed by atoms with Gasteiger partial charge in [0.05, 0.1) is 36.2 Å². The second-order valence-electron chi connectivity index (χ2n) is 7.79. The van der Waals surface area contributed by atoms with Crippen molar-refractivity contribution in [3.63, 3.8) is 0 Å². The van der Waals surface area contributed by atoms with Crippen LogP contribution in [0.4, 0.5) is 0 Å². The van der Waals surface area contributed by atoms with Crippen molar-refractivity contribution in [1.29, 1.82) is 5.26 Å². The van der Waals surface area contributed by atoms with Gasteiger partial charge in [0.25, 0.3) is 0 Å². The maximum Gasteiger partial charge on any atom is 0.336 e. The first-order valence-electron chi connectivity index (χ1n) is 11.0. The normalized spacial score (nSPS) is 15.4. The van der Waals surface area contributed by atoms with Crippen LogP contribution in [0.2, 0.25) is 5.02 Å². The number of rotatable bonds is 9. The highest BCUT2D eigenvalue weighted by Crippen LogP contribution is 2.39. The lowest BCUT2D eigenvalue weighted by molar-refractivity contribution is -0.140. The molecule has 8 heteroatoms. The Bertz CT molecular complexity index is 1150. The number of aryl methyl sites for hydroxylation is 1. The molecule has 1 aliphatic rings. The van der Waals surface area contributed by atoms with Crippen molar-refractivity contribution < 1.29 is 19.1 Å². The number of benzene rings is 1. The molecule has 0 radical (unpaired) electrons. The third-order valence-corrected chi connectivity index (χ3v) is 5.60. The summed E-state index contributed by atoms with van der Waals surface area (Å²) in [5, 5.41) is 12.4. The predicted molar refractivity (Wildman–Crippen MR) is 127 cm³/mol. The van der Waals surface area contributed by atoms with Gasteiger partial charge in [-0.1, -0.05) is 29.8 Å². The van der Waals surface area contributed by atoms with Crippen molar-refractivity contribution >= 4 is 23.5 Å². The maximum absolute atomic E-state index is 13.2. The number of nitrogens with zero attached hydrogens (tertiary/aromatic N) is 2. The highest BCUT2D eigenvalue weighted by Gasteiger charge is 2.38. The second-order valence-corrected chi connectivity index (χ2v) is 8.23. The Balaban J connectivity index is 1.84. The fraction of sp³-hybridized carbons (Fsp3) is 0.308. The quantitative estimate of drug-likeness (QED) is 0.414. The van der Waals surface area contributed by atoms with Crippen molar-refractivity contribution in [2.75, 3.05) is 13.2 Å². The van der Waals surface area contributed by atoms with Gasteiger partial charge in [-0.05, 0) is 56.5 Å². The highest BCUT2D eigenvalue weighted by atomic mass is 35.5. The Labute approximate surface area is 204 Å². The number of ether oxygens (including phenoxy) is 2. The third kappa shape index (κ3) is 6.24. The summed E-state index contributed by atoms with van der Waals surface area (Å²) in [5.74, 6) is -1.85. The SMILES string of the molecule is CC1=C(C(=O)OCCC#N)C(c2cccc(Cl)c2)C(C(=O)OCCCc2ccccn2)=C(C)N1. The van der Waals surface area contributed by atoms with Crippen LogP contribution in [0.3, 0.4) is 0 Å². The van der Waals surface area contributed by atoms with Gasteiger partial charge in [0.2, 0.25) is 0 Å². The number of dihydropyridines is 1. The van der Waals surface area contributed by atoms with Gasteiger partial charge in [-0.15, -0.1) is 0 Å². The molecule has 0 amide bonds. The van der Waals surface area contributed by atoms with Crippen molar-refractivity contribution in [3.05, 3.63) is 87.5 Å². The Morgan fingerprint density at radius 1 is 1.06 bits per heavy atom. The fourth-order valence-corrected chi connectivity index (χ4v) is 4.06. The molecule has 176 valence electrons. The smallest absolute Gasteiger partial charge is 0.336 e. The lowest BCUT2D eigenvalue weighted by Crippen LogP contribution is -2.32. The van der Waals surface area contributed by atoms with E-state index in [4.69, 9.17) is 26.3 Å². The minimum Gasteiger partial charge on any atom is -0.462 e. The molecule has 1 aromatic carbocycles. The third-order valence-electron chi connectivity index (χ3n) is 5.37. The molecular formula is C26H26ClN3O4. The largest absolute Gasteiger partial charge is 0.462 e. The number of esters is 2. The van der Waals surface area contributed by atoms with Gasteiger partial charge in [0.1, 0.15) is 6.61 Å². The van der Waals surface area contributed by atoms with Crippen LogP contribution < -0.4 is 5.32 Å². The number of aromatic nitrogens is 1. The minimum atomic E-state index is -0.724. The molecular weight excluding hydrogens is 454 g/mol. The first-order chi connectivity index (χ1) is 16.4. The van der Waals surface area contributed by atoms with Crippen LogP contribution in [0.5, 0.6) is 0 Å². The number of carbonyl (C=O) groups excluding carboxylic acids is 2. The van der Waals surface area contributed by atoms with E-state index >= 15 is 0 Å². The van der Waals surface area contributed by atoms with E-state index in [0.29, 0.717) is 40.4 Å². The molecule has 1 N–H and O–H groups in total. The van der Waals surface area contributed by atoms with Gasteiger partial charge in [-0.25, -0.2) is 9.59 Å². The van der Waals surface area contributed by atoms with Gasteiger partial charge < -0.3 is 14.8 Å². The van der Waals surface area contributed by atoms with Gasteiger partial charge in [0, 0.05) is 28.3 Å². The van der Waals surface area contributed by atoms with Crippen molar-refractivity contribution in [2.24, 2.45) is 0 Å². The van der Waals surface area contributed by atoms with E-state index in [9.17, 15) is 9.59 Å². The molecule has 1 unspecified atom stereocenters. The summed E-state index contributed by atoms with van der Waals surface area (Å²) in [6.45, 7) is 3.68. The number of halogens is 1. The van der Waals surface area contributed by atoms with Crippen molar-refractivity contribution in [3.8, 4) is 6.07 Å². The zero-order valence-electron chi connectivity index (χ0n) is 19.1. The molecule has 0 bridgehead atoms. The van der Waals surface area contributed by atoms with E-state index in [0.717, 1.165) is 5.69 Å². The van der Waals surface area contributed by atoms with E-state index in [2.05, 4.69) is 10.3 Å². The molecule has 2 aromatic rings. The minimum absolute atomic E-state index is 0.0373. The average Bonchev–Trinajstić information content (AvgIpc) is 2.82. The summed E-state index contributed by atoms with van der Waals surface area (Å²) in [6, 6.07) is 14.6. The molecule has 1 aliphatic heterocycles. The first-order valence-corrected chi connectivity index (χ1v) is 11.3. The molecule has 0 aliphatic carbocycles. The van der Waals surface area contributed by atoms with Crippen LogP contribution in [-0.2, 0) is 25.5 Å². The van der Waals surface area contributed by atoms with Crippen molar-refractivity contribution in [2.45, 2.75) is 39.0 Å². The summed E-state index contributed by atoms with van der Waals surface area (Å²) in [5.41, 5.74) is 3.34. The van der Waals surface area contributed by atoms with Crippen LogP contribution in [0.25, 0.3) is 0 Å². The standard InChI is InChI=1S/C26H26ClN3O4/c1-17-22(25(31)33-14-6-11-21-10-3-4-13-29-21)24(19-8-5-9-20(27)16-19)23(18(2)30-17)26(32)34-15-7-12-28/h3-5,8-10,13,16,24,30H,6-7,11,14-15H2,1-2H3. The van der Waals surface area contributed by atoms with E-state index in [1.54, 1.807) is 44.3 Å². The monoisotopic (exact) mass is 479 g/mol. The Morgan fingerprint density at radius 2 is 1.76 bits per heavy atom. The molecule has 34 heavy (non-hydrogen) atoms. The zero-order valence-corrected chi connectivity index (χ0v) is 19.9. The van der Waals surface area contributed by atoms with Crippen LogP contribution >= 0.6 is 11.6 Å². The molecule has 0 fully saturated rings. The summed E-state index contributed by atoms with van der Waals surface area (Å²) in [7, 11) is 0. The molecule has 2 heterocycles. The first kappa shape index (κ1) is 25.0. The molecule has 0 saturated heterocycles. The highest BCUT2D eigenvalue weighted by molar-refractivity contribution is 6.30. The summed E-state index contributed by atoms with van der Waals surface area (Å²) in [6.07, 6.45) is 3.10. The summed E-state index contributed by atoms with van der Waals surface area (Å²) >= 11 is 6.23. The van der Waals surface area contributed by atoms with E-state index in [-0.39, 0.29) is 25.2 Å². The number of nitriles is 1.